The average Bonchev–Trinajstić information content (AvgIpc) is 2.91. The molecule has 40 heavy (non-hydrogen) atoms. The first-order chi connectivity index (χ1) is 18.8. The fourth-order valence-electron chi connectivity index (χ4n) is 4.20. The van der Waals surface area contributed by atoms with E-state index in [9.17, 15) is 18.0 Å². The fourth-order valence-corrected chi connectivity index (χ4v) is 5.87. The maximum atomic E-state index is 14.1. The molecule has 0 saturated carbocycles. The highest BCUT2D eigenvalue weighted by molar-refractivity contribution is 7.92. The summed E-state index contributed by atoms with van der Waals surface area (Å²) in [5.74, 6) is -0.624. The first kappa shape index (κ1) is 31.2. The highest BCUT2D eigenvalue weighted by Gasteiger charge is 2.33. The first-order valence-corrected chi connectivity index (χ1v) is 15.1. The van der Waals surface area contributed by atoms with E-state index in [0.717, 1.165) is 21.0 Å². The molecule has 0 spiro atoms. The lowest BCUT2D eigenvalue weighted by atomic mass is 10.1. The highest BCUT2D eigenvalue weighted by atomic mass is 35.5. The first-order valence-electron chi connectivity index (χ1n) is 13.3. The predicted molar refractivity (Wildman–Crippen MR) is 161 cm³/mol. The van der Waals surface area contributed by atoms with E-state index < -0.39 is 28.5 Å². The minimum atomic E-state index is -4.13. The molecule has 0 bridgehead atoms. The minimum absolute atomic E-state index is 0.0417. The second kappa shape index (κ2) is 13.3. The Morgan fingerprint density at radius 3 is 2.17 bits per heavy atom. The minimum Gasteiger partial charge on any atom is -0.354 e. The number of hydrogen-bond acceptors (Lipinski definition) is 4. The number of anilines is 1. The number of amides is 2. The van der Waals surface area contributed by atoms with Gasteiger partial charge in [-0.05, 0) is 74.6 Å². The molecule has 3 aromatic carbocycles. The van der Waals surface area contributed by atoms with Crippen LogP contribution in [-0.2, 0) is 26.2 Å². The summed E-state index contributed by atoms with van der Waals surface area (Å²) in [7, 11) is -4.13. The molecule has 3 rings (SSSR count). The van der Waals surface area contributed by atoms with Crippen molar-refractivity contribution in [2.75, 3.05) is 17.4 Å². The van der Waals surface area contributed by atoms with Crippen LogP contribution >= 0.6 is 11.6 Å². The van der Waals surface area contributed by atoms with Crippen LogP contribution in [0, 0.1) is 26.7 Å². The van der Waals surface area contributed by atoms with Gasteiger partial charge >= 0.3 is 0 Å². The zero-order valence-electron chi connectivity index (χ0n) is 23.9. The van der Waals surface area contributed by atoms with E-state index in [4.69, 9.17) is 11.6 Å². The molecule has 3 aromatic rings. The number of benzene rings is 3. The van der Waals surface area contributed by atoms with E-state index in [2.05, 4.69) is 5.32 Å². The van der Waals surface area contributed by atoms with Crippen LogP contribution in [0.5, 0.6) is 0 Å². The van der Waals surface area contributed by atoms with Gasteiger partial charge < -0.3 is 10.2 Å². The van der Waals surface area contributed by atoms with Crippen molar-refractivity contribution in [2.24, 2.45) is 5.92 Å². The third kappa shape index (κ3) is 7.43. The number of carbonyl (C=O) groups is 2. The van der Waals surface area contributed by atoms with Gasteiger partial charge in [0.15, 0.2) is 0 Å². The van der Waals surface area contributed by atoms with Crippen LogP contribution in [0.4, 0.5) is 5.69 Å². The number of carbonyl (C=O) groups excluding carboxylic acids is 2. The molecule has 0 aliphatic heterocycles. The molecule has 9 heteroatoms. The Morgan fingerprint density at radius 1 is 0.900 bits per heavy atom. The van der Waals surface area contributed by atoms with Crippen molar-refractivity contribution >= 4 is 39.1 Å². The van der Waals surface area contributed by atoms with E-state index in [-0.39, 0.29) is 23.3 Å². The molecule has 0 radical (unpaired) electrons. The van der Waals surface area contributed by atoms with Crippen LogP contribution in [0.2, 0.25) is 5.02 Å². The lowest BCUT2D eigenvalue weighted by Gasteiger charge is -2.33. The quantitative estimate of drug-likeness (QED) is 0.316. The zero-order valence-corrected chi connectivity index (χ0v) is 25.5. The Bertz CT molecular complexity index is 1460. The smallest absolute Gasteiger partial charge is 0.264 e. The number of aryl methyl sites for hydroxylation is 2. The second-order valence-electron chi connectivity index (χ2n) is 10.5. The van der Waals surface area contributed by atoms with Crippen molar-refractivity contribution in [3.05, 3.63) is 94.0 Å². The highest BCUT2D eigenvalue weighted by Crippen LogP contribution is 2.29. The molecule has 0 aliphatic carbocycles. The molecule has 0 saturated heterocycles. The summed E-state index contributed by atoms with van der Waals surface area (Å²) in [5.41, 5.74) is 3.61. The maximum Gasteiger partial charge on any atom is 0.264 e. The van der Waals surface area contributed by atoms with Crippen molar-refractivity contribution in [3.63, 3.8) is 0 Å². The van der Waals surface area contributed by atoms with Crippen molar-refractivity contribution < 1.29 is 18.0 Å². The van der Waals surface area contributed by atoms with Gasteiger partial charge in [0, 0.05) is 18.1 Å². The third-order valence-electron chi connectivity index (χ3n) is 6.88. The normalized spacial score (nSPS) is 12.2. The van der Waals surface area contributed by atoms with Crippen molar-refractivity contribution in [2.45, 2.75) is 59.0 Å². The Kier molecular flexibility index (Phi) is 10.4. The molecule has 0 aromatic heterocycles. The van der Waals surface area contributed by atoms with Gasteiger partial charge in [-0.3, -0.25) is 13.9 Å². The molecule has 7 nitrogen and oxygen atoms in total. The molecule has 1 N–H and O–H groups in total. The van der Waals surface area contributed by atoms with Crippen LogP contribution in [0.15, 0.2) is 71.6 Å². The van der Waals surface area contributed by atoms with Crippen LogP contribution in [0.3, 0.4) is 0 Å². The molecule has 1 atom stereocenters. The van der Waals surface area contributed by atoms with Crippen LogP contribution < -0.4 is 9.62 Å². The molecular weight excluding hydrogens is 546 g/mol. The van der Waals surface area contributed by atoms with Gasteiger partial charge in [-0.15, -0.1) is 0 Å². The van der Waals surface area contributed by atoms with Crippen molar-refractivity contribution in [3.8, 4) is 0 Å². The Labute approximate surface area is 243 Å². The van der Waals surface area contributed by atoms with Crippen molar-refractivity contribution in [1.82, 2.24) is 10.2 Å². The largest absolute Gasteiger partial charge is 0.354 e. The Hall–Kier alpha value is -3.36. The van der Waals surface area contributed by atoms with Gasteiger partial charge in [-0.2, -0.15) is 0 Å². The molecule has 0 unspecified atom stereocenters. The SMILES string of the molecule is Cc1ccc(S(=O)(=O)N(CC(=O)N(Cc2ccccc2Cl)[C@H](C)C(=O)NCC(C)C)c2cccc(C)c2C)cc1. The third-order valence-corrected chi connectivity index (χ3v) is 9.03. The zero-order chi connectivity index (χ0) is 29.6. The number of rotatable bonds is 11. The molecule has 2 amide bonds. The molecular formula is C31H38ClN3O4S. The maximum absolute atomic E-state index is 14.1. The molecule has 0 heterocycles. The number of nitrogens with zero attached hydrogens (tertiary/aromatic N) is 2. The molecule has 0 fully saturated rings. The van der Waals surface area contributed by atoms with Gasteiger partial charge in [0.2, 0.25) is 11.8 Å². The van der Waals surface area contributed by atoms with E-state index in [1.54, 1.807) is 55.5 Å². The standard InChI is InChI=1S/C31H38ClN3O4S/c1-21(2)18-33-31(37)25(6)34(19-26-11-7-8-12-28(26)32)30(36)20-35(29-13-9-10-23(4)24(29)5)40(38,39)27-16-14-22(3)15-17-27/h7-17,21,25H,18-20H2,1-6H3,(H,33,37)/t25-/m1/s1. The summed E-state index contributed by atoms with van der Waals surface area (Å²) in [6, 6.07) is 18.1. The number of halogens is 1. The summed E-state index contributed by atoms with van der Waals surface area (Å²) in [6.45, 7) is 11.2. The Morgan fingerprint density at radius 2 is 1.55 bits per heavy atom. The summed E-state index contributed by atoms with van der Waals surface area (Å²) < 4.78 is 29.2. The topological polar surface area (TPSA) is 86.8 Å². The van der Waals surface area contributed by atoms with Crippen LogP contribution in [0.1, 0.15) is 43.0 Å². The summed E-state index contributed by atoms with van der Waals surface area (Å²) in [5, 5.41) is 3.34. The summed E-state index contributed by atoms with van der Waals surface area (Å²) in [6.07, 6.45) is 0. The van der Waals surface area contributed by atoms with Gasteiger partial charge in [0.1, 0.15) is 12.6 Å². The fraction of sp³-hybridized carbons (Fsp3) is 0.355. The van der Waals surface area contributed by atoms with Gasteiger partial charge in [-0.25, -0.2) is 8.42 Å². The van der Waals surface area contributed by atoms with E-state index in [1.165, 1.54) is 17.0 Å². The second-order valence-corrected chi connectivity index (χ2v) is 12.7. The molecule has 214 valence electrons. The van der Waals surface area contributed by atoms with Gasteiger partial charge in [-0.1, -0.05) is 73.5 Å². The number of nitrogens with one attached hydrogen (secondary N) is 1. The van der Waals surface area contributed by atoms with E-state index >= 15 is 0 Å². The summed E-state index contributed by atoms with van der Waals surface area (Å²) in [4.78, 5) is 28.6. The number of hydrogen-bond donors (Lipinski definition) is 1. The summed E-state index contributed by atoms with van der Waals surface area (Å²) >= 11 is 6.42. The van der Waals surface area contributed by atoms with Gasteiger partial charge in [0.25, 0.3) is 10.0 Å². The van der Waals surface area contributed by atoms with Crippen molar-refractivity contribution in [1.29, 1.82) is 0 Å². The predicted octanol–water partition coefficient (Wildman–Crippen LogP) is 5.65. The van der Waals surface area contributed by atoms with E-state index in [1.807, 2.05) is 40.7 Å². The van der Waals surface area contributed by atoms with E-state index in [0.29, 0.717) is 22.8 Å². The van der Waals surface area contributed by atoms with Crippen LogP contribution in [0.25, 0.3) is 0 Å². The molecule has 0 aliphatic rings. The number of sulfonamides is 1. The average molecular weight is 584 g/mol. The van der Waals surface area contributed by atoms with Gasteiger partial charge in [0.05, 0.1) is 10.6 Å². The van der Waals surface area contributed by atoms with Crippen LogP contribution in [-0.4, -0.2) is 44.3 Å². The lowest BCUT2D eigenvalue weighted by molar-refractivity contribution is -0.139. The Balaban J connectivity index is 2.07. The monoisotopic (exact) mass is 583 g/mol. The lowest BCUT2D eigenvalue weighted by Crippen LogP contribution is -2.51.